The third-order valence-electron chi connectivity index (χ3n) is 3.36. The van der Waals surface area contributed by atoms with Gasteiger partial charge in [0, 0.05) is 37.5 Å². The van der Waals surface area contributed by atoms with E-state index in [-0.39, 0.29) is 6.04 Å². The first kappa shape index (κ1) is 12.8. The van der Waals surface area contributed by atoms with E-state index in [1.54, 1.807) is 0 Å². The van der Waals surface area contributed by atoms with Gasteiger partial charge in [0.2, 0.25) is 0 Å². The topological polar surface area (TPSA) is 73.7 Å². The van der Waals surface area contributed by atoms with Crippen LogP contribution in [-0.4, -0.2) is 19.6 Å². The average Bonchev–Trinajstić information content (AvgIpc) is 2.81. The standard InChI is InChI=1S/C12H20N6/c1-8-5-10(18(4)16-8)6-12(15-13)11-7-14-17(3)9(11)2/h5,7,12,15H,6,13H2,1-4H3. The van der Waals surface area contributed by atoms with Crippen molar-refractivity contribution in [3.8, 4) is 0 Å². The molecule has 0 bridgehead atoms. The van der Waals surface area contributed by atoms with Crippen molar-refractivity contribution in [3.63, 3.8) is 0 Å². The molecule has 0 saturated carbocycles. The lowest BCUT2D eigenvalue weighted by molar-refractivity contribution is 0.526. The Hall–Kier alpha value is -1.66. The molecule has 2 aromatic rings. The predicted molar refractivity (Wildman–Crippen MR) is 69.7 cm³/mol. The largest absolute Gasteiger partial charge is 0.273 e. The Morgan fingerprint density at radius 1 is 1.33 bits per heavy atom. The van der Waals surface area contributed by atoms with Gasteiger partial charge in [0.1, 0.15) is 0 Å². The maximum absolute atomic E-state index is 5.67. The average molecular weight is 248 g/mol. The van der Waals surface area contributed by atoms with E-state index in [9.17, 15) is 0 Å². The summed E-state index contributed by atoms with van der Waals surface area (Å²) in [6.45, 7) is 4.03. The maximum atomic E-state index is 5.67. The van der Waals surface area contributed by atoms with Crippen molar-refractivity contribution in [2.75, 3.05) is 0 Å². The van der Waals surface area contributed by atoms with E-state index in [1.165, 1.54) is 0 Å². The highest BCUT2D eigenvalue weighted by atomic mass is 15.3. The molecular weight excluding hydrogens is 228 g/mol. The summed E-state index contributed by atoms with van der Waals surface area (Å²) in [6.07, 6.45) is 2.66. The van der Waals surface area contributed by atoms with E-state index in [2.05, 4.69) is 21.7 Å². The summed E-state index contributed by atoms with van der Waals surface area (Å²) in [5.41, 5.74) is 7.28. The minimum absolute atomic E-state index is 0.0495. The number of hydrazine groups is 1. The van der Waals surface area contributed by atoms with Crippen molar-refractivity contribution < 1.29 is 0 Å². The number of hydrogen-bond donors (Lipinski definition) is 2. The number of aryl methyl sites for hydroxylation is 3. The fourth-order valence-electron chi connectivity index (χ4n) is 2.18. The zero-order valence-electron chi connectivity index (χ0n) is 11.3. The van der Waals surface area contributed by atoms with Gasteiger partial charge in [-0.15, -0.1) is 0 Å². The molecule has 1 unspecified atom stereocenters. The summed E-state index contributed by atoms with van der Waals surface area (Å²) in [5.74, 6) is 5.67. The monoisotopic (exact) mass is 248 g/mol. The van der Waals surface area contributed by atoms with E-state index in [0.29, 0.717) is 0 Å². The highest BCUT2D eigenvalue weighted by Crippen LogP contribution is 2.20. The van der Waals surface area contributed by atoms with Crippen LogP contribution in [0.15, 0.2) is 12.3 Å². The summed E-state index contributed by atoms with van der Waals surface area (Å²) >= 11 is 0. The zero-order valence-corrected chi connectivity index (χ0v) is 11.3. The fraction of sp³-hybridized carbons (Fsp3) is 0.500. The molecule has 0 amide bonds. The van der Waals surface area contributed by atoms with Crippen molar-refractivity contribution >= 4 is 0 Å². The van der Waals surface area contributed by atoms with Gasteiger partial charge in [0.25, 0.3) is 0 Å². The van der Waals surface area contributed by atoms with Gasteiger partial charge in [-0.25, -0.2) is 0 Å². The normalized spacial score (nSPS) is 12.9. The second kappa shape index (κ2) is 4.91. The SMILES string of the molecule is Cc1cc(CC(NN)c2cnn(C)c2C)n(C)n1. The third kappa shape index (κ3) is 2.30. The van der Waals surface area contributed by atoms with Gasteiger partial charge >= 0.3 is 0 Å². The van der Waals surface area contributed by atoms with Crippen LogP contribution in [0.1, 0.15) is 28.7 Å². The lowest BCUT2D eigenvalue weighted by atomic mass is 10.0. The lowest BCUT2D eigenvalue weighted by Gasteiger charge is -2.15. The van der Waals surface area contributed by atoms with Gasteiger partial charge in [0.15, 0.2) is 0 Å². The van der Waals surface area contributed by atoms with Gasteiger partial charge < -0.3 is 0 Å². The van der Waals surface area contributed by atoms with Crippen molar-refractivity contribution in [2.24, 2.45) is 19.9 Å². The highest BCUT2D eigenvalue weighted by Gasteiger charge is 2.17. The highest BCUT2D eigenvalue weighted by molar-refractivity contribution is 5.23. The minimum atomic E-state index is 0.0495. The molecule has 0 aliphatic heterocycles. The molecule has 1 atom stereocenters. The Morgan fingerprint density at radius 3 is 2.50 bits per heavy atom. The molecule has 6 nitrogen and oxygen atoms in total. The smallest absolute Gasteiger partial charge is 0.0596 e. The Balaban J connectivity index is 2.25. The number of rotatable bonds is 4. The van der Waals surface area contributed by atoms with Gasteiger partial charge in [-0.3, -0.25) is 20.6 Å². The second-order valence-electron chi connectivity index (χ2n) is 4.63. The number of hydrogen-bond acceptors (Lipinski definition) is 4. The summed E-state index contributed by atoms with van der Waals surface area (Å²) < 4.78 is 3.75. The molecule has 3 N–H and O–H groups in total. The third-order valence-corrected chi connectivity index (χ3v) is 3.36. The molecule has 0 aliphatic rings. The number of nitrogens with zero attached hydrogens (tertiary/aromatic N) is 4. The van der Waals surface area contributed by atoms with Crippen LogP contribution in [0.2, 0.25) is 0 Å². The molecule has 2 rings (SSSR count). The summed E-state index contributed by atoms with van der Waals surface area (Å²) in [4.78, 5) is 0. The van der Waals surface area contributed by atoms with Crippen molar-refractivity contribution in [2.45, 2.75) is 26.3 Å². The first-order valence-corrected chi connectivity index (χ1v) is 5.97. The Morgan fingerprint density at radius 2 is 2.06 bits per heavy atom. The van der Waals surface area contributed by atoms with E-state index < -0.39 is 0 Å². The first-order valence-electron chi connectivity index (χ1n) is 5.97. The molecule has 2 heterocycles. The molecule has 18 heavy (non-hydrogen) atoms. The van der Waals surface area contributed by atoms with Crippen LogP contribution in [-0.2, 0) is 20.5 Å². The van der Waals surface area contributed by atoms with Crippen molar-refractivity contribution in [3.05, 3.63) is 34.9 Å². The van der Waals surface area contributed by atoms with E-state index >= 15 is 0 Å². The molecule has 0 fully saturated rings. The predicted octanol–water partition coefficient (Wildman–Crippen LogP) is 0.518. The van der Waals surface area contributed by atoms with Crippen LogP contribution in [0.4, 0.5) is 0 Å². The fourth-order valence-corrected chi connectivity index (χ4v) is 2.18. The van der Waals surface area contributed by atoms with Crippen LogP contribution < -0.4 is 11.3 Å². The van der Waals surface area contributed by atoms with Gasteiger partial charge in [0.05, 0.1) is 17.9 Å². The number of nitrogens with one attached hydrogen (secondary N) is 1. The van der Waals surface area contributed by atoms with Crippen molar-refractivity contribution in [1.82, 2.24) is 25.0 Å². The molecule has 6 heteroatoms. The lowest BCUT2D eigenvalue weighted by Crippen LogP contribution is -2.30. The number of nitrogens with two attached hydrogens (primary N) is 1. The summed E-state index contributed by atoms with van der Waals surface area (Å²) in [5, 5.41) is 8.60. The number of aromatic nitrogens is 4. The van der Waals surface area contributed by atoms with E-state index in [0.717, 1.165) is 29.1 Å². The zero-order chi connectivity index (χ0) is 13.3. The van der Waals surface area contributed by atoms with Gasteiger partial charge in [-0.1, -0.05) is 0 Å². The Labute approximate surface area is 107 Å². The molecule has 0 radical (unpaired) electrons. The van der Waals surface area contributed by atoms with Crippen molar-refractivity contribution in [1.29, 1.82) is 0 Å². The molecule has 0 spiro atoms. The van der Waals surface area contributed by atoms with E-state index in [4.69, 9.17) is 5.84 Å². The molecule has 0 saturated heterocycles. The van der Waals surface area contributed by atoms with Gasteiger partial charge in [-0.2, -0.15) is 10.2 Å². The van der Waals surface area contributed by atoms with Crippen LogP contribution in [0.5, 0.6) is 0 Å². The summed E-state index contributed by atoms with van der Waals surface area (Å²) in [7, 11) is 3.88. The summed E-state index contributed by atoms with van der Waals surface area (Å²) in [6, 6.07) is 2.13. The van der Waals surface area contributed by atoms with Gasteiger partial charge in [-0.05, 0) is 19.9 Å². The molecule has 98 valence electrons. The quantitative estimate of drug-likeness (QED) is 0.611. The maximum Gasteiger partial charge on any atom is 0.0596 e. The van der Waals surface area contributed by atoms with Crippen LogP contribution in [0.25, 0.3) is 0 Å². The Kier molecular flexibility index (Phi) is 3.49. The molecular formula is C12H20N6. The second-order valence-corrected chi connectivity index (χ2v) is 4.63. The Bertz CT molecular complexity index is 539. The molecule has 0 aliphatic carbocycles. The minimum Gasteiger partial charge on any atom is -0.273 e. The molecule has 2 aromatic heterocycles. The van der Waals surface area contributed by atoms with Crippen LogP contribution in [0, 0.1) is 13.8 Å². The van der Waals surface area contributed by atoms with Crippen LogP contribution >= 0.6 is 0 Å². The molecule has 0 aromatic carbocycles. The van der Waals surface area contributed by atoms with Crippen LogP contribution in [0.3, 0.4) is 0 Å². The van der Waals surface area contributed by atoms with E-state index in [1.807, 2.05) is 43.5 Å². The first-order chi connectivity index (χ1) is 8.52.